The van der Waals surface area contributed by atoms with Gasteiger partial charge in [-0.05, 0) is 31.5 Å². The molecule has 0 saturated carbocycles. The number of ether oxygens (including phenoxy) is 2. The molecule has 1 fully saturated rings. The molecule has 8 nitrogen and oxygen atoms in total. The molecule has 0 unspecified atom stereocenters. The summed E-state index contributed by atoms with van der Waals surface area (Å²) in [6.45, 7) is 4.19. The van der Waals surface area contributed by atoms with Gasteiger partial charge in [-0.1, -0.05) is 42.5 Å². The van der Waals surface area contributed by atoms with Gasteiger partial charge in [0.15, 0.2) is 17.6 Å². The Morgan fingerprint density at radius 2 is 1.81 bits per heavy atom. The minimum atomic E-state index is -1.19. The van der Waals surface area contributed by atoms with Gasteiger partial charge >= 0.3 is 6.03 Å². The monoisotopic (exact) mass is 423 g/mol. The Morgan fingerprint density at radius 3 is 2.52 bits per heavy atom. The number of hydrogen-bond acceptors (Lipinski definition) is 5. The van der Waals surface area contributed by atoms with Gasteiger partial charge in [0.25, 0.3) is 5.91 Å². The van der Waals surface area contributed by atoms with Gasteiger partial charge in [0.1, 0.15) is 18.7 Å². The van der Waals surface area contributed by atoms with Crippen LogP contribution in [-0.2, 0) is 15.1 Å². The Balaban J connectivity index is 1.42. The molecule has 31 heavy (non-hydrogen) atoms. The minimum Gasteiger partial charge on any atom is -0.486 e. The molecule has 0 aromatic heterocycles. The highest BCUT2D eigenvalue weighted by atomic mass is 16.6. The summed E-state index contributed by atoms with van der Waals surface area (Å²) < 4.78 is 11.7. The third-order valence-corrected chi connectivity index (χ3v) is 5.65. The van der Waals surface area contributed by atoms with Crippen LogP contribution in [0.5, 0.6) is 11.5 Å². The Bertz CT molecular complexity index is 996. The van der Waals surface area contributed by atoms with Crippen molar-refractivity contribution in [2.24, 2.45) is 0 Å². The summed E-state index contributed by atoms with van der Waals surface area (Å²) in [7, 11) is 0. The third-order valence-electron chi connectivity index (χ3n) is 5.65. The van der Waals surface area contributed by atoms with Crippen LogP contribution in [0.2, 0.25) is 0 Å². The number of fused-ring (bicyclic) bond motifs is 1. The van der Waals surface area contributed by atoms with E-state index in [1.807, 2.05) is 37.3 Å². The zero-order valence-electron chi connectivity index (χ0n) is 17.5. The van der Waals surface area contributed by atoms with Crippen molar-refractivity contribution in [2.45, 2.75) is 25.5 Å². The number of hydrogen-bond donors (Lipinski definition) is 1. The molecule has 0 radical (unpaired) electrons. The van der Waals surface area contributed by atoms with Crippen LogP contribution in [0.15, 0.2) is 54.6 Å². The molecule has 1 saturated heterocycles. The average molecular weight is 423 g/mol. The first-order valence-corrected chi connectivity index (χ1v) is 10.3. The van der Waals surface area contributed by atoms with Gasteiger partial charge in [0.2, 0.25) is 5.91 Å². The first kappa shape index (κ1) is 20.7. The Hall–Kier alpha value is -3.55. The van der Waals surface area contributed by atoms with Crippen molar-refractivity contribution in [2.75, 3.05) is 26.2 Å². The summed E-state index contributed by atoms with van der Waals surface area (Å²) >= 11 is 0. The minimum absolute atomic E-state index is 0.295. The zero-order chi connectivity index (χ0) is 22.0. The van der Waals surface area contributed by atoms with Crippen molar-refractivity contribution in [3.63, 3.8) is 0 Å². The van der Waals surface area contributed by atoms with E-state index in [-0.39, 0.29) is 18.6 Å². The number of benzene rings is 2. The van der Waals surface area contributed by atoms with Crippen LogP contribution in [0, 0.1) is 0 Å². The second-order valence-corrected chi connectivity index (χ2v) is 7.74. The topological polar surface area (TPSA) is 88.2 Å². The van der Waals surface area contributed by atoms with Crippen LogP contribution in [0.25, 0.3) is 0 Å². The van der Waals surface area contributed by atoms with Crippen LogP contribution in [0.4, 0.5) is 4.79 Å². The van der Waals surface area contributed by atoms with Crippen molar-refractivity contribution in [3.8, 4) is 11.5 Å². The van der Waals surface area contributed by atoms with Gasteiger partial charge in [0, 0.05) is 6.54 Å². The number of carbonyl (C=O) groups is 3. The van der Waals surface area contributed by atoms with Crippen LogP contribution in [-0.4, -0.2) is 60.0 Å². The lowest BCUT2D eigenvalue weighted by atomic mass is 9.92. The summed E-state index contributed by atoms with van der Waals surface area (Å²) in [5.74, 6) is 0.535. The van der Waals surface area contributed by atoms with Crippen molar-refractivity contribution in [1.82, 2.24) is 15.1 Å². The van der Waals surface area contributed by atoms with E-state index >= 15 is 0 Å². The van der Waals surface area contributed by atoms with Crippen LogP contribution in [0.1, 0.15) is 19.4 Å². The number of rotatable bonds is 6. The number of imide groups is 1. The van der Waals surface area contributed by atoms with E-state index in [2.05, 4.69) is 5.32 Å². The number of urea groups is 1. The number of amides is 4. The number of carbonyl (C=O) groups excluding carboxylic acids is 3. The molecule has 8 heteroatoms. The standard InChI is InChI=1S/C23H25N3O5/c1-3-25(13-17-15-30-18-11-7-8-12-19(18)31-17)20(27)14-26-21(28)23(2,24-22(26)29)16-9-5-4-6-10-16/h4-12,17H,3,13-15H2,1-2H3,(H,24,29)/t17-,23+/m1/s1. The number of nitrogens with one attached hydrogen (secondary N) is 1. The predicted molar refractivity (Wildman–Crippen MR) is 113 cm³/mol. The molecule has 2 atom stereocenters. The molecule has 0 spiro atoms. The average Bonchev–Trinajstić information content (AvgIpc) is 3.01. The Labute approximate surface area is 180 Å². The maximum atomic E-state index is 13.0. The normalized spacial score (nSPS) is 22.3. The van der Waals surface area contributed by atoms with Crippen molar-refractivity contribution in [1.29, 1.82) is 0 Å². The summed E-state index contributed by atoms with van der Waals surface area (Å²) in [6, 6.07) is 15.8. The smallest absolute Gasteiger partial charge is 0.325 e. The number of nitrogens with zero attached hydrogens (tertiary/aromatic N) is 2. The molecule has 1 N–H and O–H groups in total. The second-order valence-electron chi connectivity index (χ2n) is 7.74. The first-order valence-electron chi connectivity index (χ1n) is 10.3. The maximum absolute atomic E-state index is 13.0. The van der Waals surface area contributed by atoms with Crippen LogP contribution < -0.4 is 14.8 Å². The second kappa shape index (κ2) is 8.29. The molecule has 162 valence electrons. The van der Waals surface area contributed by atoms with Crippen molar-refractivity contribution in [3.05, 3.63) is 60.2 Å². The lowest BCUT2D eigenvalue weighted by Gasteiger charge is -2.31. The molecule has 2 aromatic rings. The Kier molecular flexibility index (Phi) is 5.54. The largest absolute Gasteiger partial charge is 0.486 e. The van der Waals surface area contributed by atoms with Gasteiger partial charge in [-0.3, -0.25) is 14.5 Å². The lowest BCUT2D eigenvalue weighted by Crippen LogP contribution is -2.48. The molecule has 2 aromatic carbocycles. The summed E-state index contributed by atoms with van der Waals surface area (Å²) in [6.07, 6.45) is -0.337. The van der Waals surface area contributed by atoms with Crippen LogP contribution >= 0.6 is 0 Å². The fourth-order valence-electron chi connectivity index (χ4n) is 3.85. The molecule has 4 rings (SSSR count). The SMILES string of the molecule is CCN(C[C@@H]1COc2ccccc2O1)C(=O)CN1C(=O)N[C@@](C)(c2ccccc2)C1=O. The van der Waals surface area contributed by atoms with Crippen molar-refractivity contribution < 1.29 is 23.9 Å². The molecular formula is C23H25N3O5. The third kappa shape index (κ3) is 3.93. The number of para-hydroxylation sites is 2. The molecular weight excluding hydrogens is 398 g/mol. The molecule has 2 heterocycles. The summed E-state index contributed by atoms with van der Waals surface area (Å²) in [5.41, 5.74) is -0.526. The highest BCUT2D eigenvalue weighted by Gasteiger charge is 2.49. The van der Waals surface area contributed by atoms with Crippen LogP contribution in [0.3, 0.4) is 0 Å². The maximum Gasteiger partial charge on any atom is 0.325 e. The highest BCUT2D eigenvalue weighted by molar-refractivity contribution is 6.09. The number of likely N-dealkylation sites (N-methyl/N-ethyl adjacent to an activating group) is 1. The molecule has 4 amide bonds. The highest BCUT2D eigenvalue weighted by Crippen LogP contribution is 2.31. The van der Waals surface area contributed by atoms with E-state index in [9.17, 15) is 14.4 Å². The van der Waals surface area contributed by atoms with E-state index in [1.165, 1.54) is 0 Å². The van der Waals surface area contributed by atoms with Gasteiger partial charge in [-0.15, -0.1) is 0 Å². The fourth-order valence-corrected chi connectivity index (χ4v) is 3.85. The van der Waals surface area contributed by atoms with Gasteiger partial charge in [-0.2, -0.15) is 0 Å². The first-order chi connectivity index (χ1) is 14.9. The van der Waals surface area contributed by atoms with Gasteiger partial charge < -0.3 is 19.7 Å². The van der Waals surface area contributed by atoms with E-state index in [1.54, 1.807) is 36.1 Å². The summed E-state index contributed by atoms with van der Waals surface area (Å²) in [4.78, 5) is 41.1. The quantitative estimate of drug-likeness (QED) is 0.720. The Morgan fingerprint density at radius 1 is 1.13 bits per heavy atom. The van der Waals surface area contributed by atoms with Crippen molar-refractivity contribution >= 4 is 17.8 Å². The molecule has 0 aliphatic carbocycles. The summed E-state index contributed by atoms with van der Waals surface area (Å²) in [5, 5.41) is 2.72. The van der Waals surface area contributed by atoms with E-state index in [4.69, 9.17) is 9.47 Å². The van der Waals surface area contributed by atoms with E-state index in [0.717, 1.165) is 4.90 Å². The van der Waals surface area contributed by atoms with Gasteiger partial charge in [0.05, 0.1) is 6.54 Å². The molecule has 2 aliphatic heterocycles. The fraction of sp³-hybridized carbons (Fsp3) is 0.348. The van der Waals surface area contributed by atoms with E-state index < -0.39 is 17.5 Å². The van der Waals surface area contributed by atoms with Gasteiger partial charge in [-0.25, -0.2) is 4.79 Å². The molecule has 2 aliphatic rings. The lowest BCUT2D eigenvalue weighted by molar-refractivity contribution is -0.139. The zero-order valence-corrected chi connectivity index (χ0v) is 17.5. The predicted octanol–water partition coefficient (Wildman–Crippen LogP) is 2.14. The van der Waals surface area contributed by atoms with E-state index in [0.29, 0.717) is 36.8 Å². The molecule has 0 bridgehead atoms.